The van der Waals surface area contributed by atoms with Gasteiger partial charge < -0.3 is 15.5 Å². The molecule has 7 nitrogen and oxygen atoms in total. The number of carbonyl (C=O) groups excluding carboxylic acids is 2. The van der Waals surface area contributed by atoms with Gasteiger partial charge in [0, 0.05) is 32.0 Å². The minimum atomic E-state index is -0.632. The summed E-state index contributed by atoms with van der Waals surface area (Å²) in [5.41, 5.74) is 2.20. The maximum absolute atomic E-state index is 12.7. The van der Waals surface area contributed by atoms with Crippen LogP contribution in [0.1, 0.15) is 18.4 Å². The summed E-state index contributed by atoms with van der Waals surface area (Å²) >= 11 is 0. The van der Waals surface area contributed by atoms with Crippen molar-refractivity contribution in [2.45, 2.75) is 24.9 Å². The second kappa shape index (κ2) is 7.59. The average molecular weight is 379 g/mol. The highest BCUT2D eigenvalue weighted by molar-refractivity contribution is 6.06. The Morgan fingerprint density at radius 1 is 1.18 bits per heavy atom. The first kappa shape index (κ1) is 18.4. The number of nitrogens with zero attached hydrogens (tertiary/aromatic N) is 3. The van der Waals surface area contributed by atoms with Gasteiger partial charge in [-0.1, -0.05) is 18.2 Å². The number of hydrogen-bond acceptors (Lipinski definition) is 5. The standard InChI is InChI=1S/C21H25N5O2/c1-25(14-16-5-4-10-22-13-16)15-19(27)26-11-8-21(9-12-26)20(28)23-17-6-2-3-7-18(17)24-21/h2-7,10,13,24H,8-9,11-12,14-15H2,1H3,(H,23,28). The number of aromatic nitrogens is 1. The number of likely N-dealkylation sites (N-methyl/N-ethyl adjacent to an activating group) is 1. The molecule has 2 N–H and O–H groups in total. The third-order valence-electron chi connectivity index (χ3n) is 5.53. The van der Waals surface area contributed by atoms with Gasteiger partial charge in [0.1, 0.15) is 5.54 Å². The van der Waals surface area contributed by atoms with Crippen LogP contribution in [0.3, 0.4) is 0 Å². The van der Waals surface area contributed by atoms with Crippen molar-refractivity contribution in [2.24, 2.45) is 0 Å². The van der Waals surface area contributed by atoms with E-state index in [1.54, 1.807) is 6.20 Å². The van der Waals surface area contributed by atoms with Gasteiger partial charge in [-0.2, -0.15) is 0 Å². The van der Waals surface area contributed by atoms with Gasteiger partial charge >= 0.3 is 0 Å². The summed E-state index contributed by atoms with van der Waals surface area (Å²) in [6.07, 6.45) is 4.76. The molecule has 0 radical (unpaired) electrons. The van der Waals surface area contributed by atoms with Crippen LogP contribution >= 0.6 is 0 Å². The molecule has 3 heterocycles. The molecule has 1 spiro atoms. The first-order valence-electron chi connectivity index (χ1n) is 9.60. The summed E-state index contributed by atoms with van der Waals surface area (Å²) in [6.45, 7) is 2.17. The molecule has 4 rings (SSSR count). The topological polar surface area (TPSA) is 77.6 Å². The van der Waals surface area contributed by atoms with E-state index >= 15 is 0 Å². The molecule has 0 bridgehead atoms. The Hall–Kier alpha value is -2.93. The number of amides is 2. The minimum Gasteiger partial charge on any atom is -0.369 e. The quantitative estimate of drug-likeness (QED) is 0.849. The lowest BCUT2D eigenvalue weighted by molar-refractivity contribution is -0.135. The molecule has 1 aromatic heterocycles. The summed E-state index contributed by atoms with van der Waals surface area (Å²) in [6, 6.07) is 11.6. The largest absolute Gasteiger partial charge is 0.369 e. The number of fused-ring (bicyclic) bond motifs is 1. The molecule has 28 heavy (non-hydrogen) atoms. The lowest BCUT2D eigenvalue weighted by Crippen LogP contribution is -2.59. The van der Waals surface area contributed by atoms with Crippen molar-refractivity contribution in [1.29, 1.82) is 0 Å². The molecule has 2 amide bonds. The zero-order chi connectivity index (χ0) is 19.6. The van der Waals surface area contributed by atoms with Crippen LogP contribution in [0.2, 0.25) is 0 Å². The molecule has 0 saturated carbocycles. The fourth-order valence-electron chi connectivity index (χ4n) is 3.94. The normalized spacial score (nSPS) is 17.8. The number of likely N-dealkylation sites (tertiary alicyclic amines) is 1. The summed E-state index contributed by atoms with van der Waals surface area (Å²) in [5.74, 6) is 0.0878. The van der Waals surface area contributed by atoms with Crippen molar-refractivity contribution in [3.05, 3.63) is 54.4 Å². The molecular formula is C21H25N5O2. The highest BCUT2D eigenvalue weighted by Crippen LogP contribution is 2.36. The SMILES string of the molecule is CN(CC(=O)N1CCC2(CC1)Nc1ccccc1NC2=O)Cc1cccnc1. The summed E-state index contributed by atoms with van der Waals surface area (Å²) in [5, 5.41) is 6.43. The summed E-state index contributed by atoms with van der Waals surface area (Å²) in [4.78, 5) is 33.4. The number of piperidine rings is 1. The third kappa shape index (κ3) is 3.71. The van der Waals surface area contributed by atoms with Crippen LogP contribution in [0.25, 0.3) is 0 Å². The van der Waals surface area contributed by atoms with E-state index in [2.05, 4.69) is 15.6 Å². The van der Waals surface area contributed by atoms with Crippen molar-refractivity contribution in [3.8, 4) is 0 Å². The van der Waals surface area contributed by atoms with Crippen LogP contribution in [-0.2, 0) is 16.1 Å². The highest BCUT2D eigenvalue weighted by Gasteiger charge is 2.44. The molecule has 146 valence electrons. The Kier molecular flexibility index (Phi) is 5.00. The number of benzene rings is 1. The number of carbonyl (C=O) groups is 2. The predicted octanol–water partition coefficient (Wildman–Crippen LogP) is 1.94. The lowest BCUT2D eigenvalue weighted by Gasteiger charge is -2.44. The van der Waals surface area contributed by atoms with Gasteiger partial charge in [0.05, 0.1) is 17.9 Å². The van der Waals surface area contributed by atoms with Crippen molar-refractivity contribution in [3.63, 3.8) is 0 Å². The van der Waals surface area contributed by atoms with Crippen LogP contribution in [0.15, 0.2) is 48.8 Å². The van der Waals surface area contributed by atoms with Crippen LogP contribution in [0, 0.1) is 0 Å². The number of pyridine rings is 1. The number of rotatable bonds is 4. The van der Waals surface area contributed by atoms with Crippen LogP contribution in [0.4, 0.5) is 11.4 Å². The Morgan fingerprint density at radius 3 is 2.64 bits per heavy atom. The van der Waals surface area contributed by atoms with Gasteiger partial charge in [-0.3, -0.25) is 19.5 Å². The van der Waals surface area contributed by atoms with Crippen LogP contribution in [-0.4, -0.2) is 58.8 Å². The molecule has 1 fully saturated rings. The first-order chi connectivity index (χ1) is 13.6. The Labute approximate surface area is 164 Å². The van der Waals surface area contributed by atoms with Gasteiger partial charge in [0.2, 0.25) is 11.8 Å². The molecule has 1 aromatic carbocycles. The van der Waals surface area contributed by atoms with E-state index in [0.717, 1.165) is 16.9 Å². The Balaban J connectivity index is 1.34. The second-order valence-corrected chi connectivity index (χ2v) is 7.62. The number of hydrogen-bond donors (Lipinski definition) is 2. The third-order valence-corrected chi connectivity index (χ3v) is 5.53. The fraction of sp³-hybridized carbons (Fsp3) is 0.381. The molecular weight excluding hydrogens is 354 g/mol. The van der Waals surface area contributed by atoms with E-state index in [1.807, 2.05) is 59.4 Å². The molecule has 1 saturated heterocycles. The van der Waals surface area contributed by atoms with E-state index in [-0.39, 0.29) is 11.8 Å². The monoisotopic (exact) mass is 379 g/mol. The molecule has 0 aliphatic carbocycles. The van der Waals surface area contributed by atoms with Gasteiger partial charge in [0.15, 0.2) is 0 Å². The van der Waals surface area contributed by atoms with Crippen molar-refractivity contribution in [1.82, 2.24) is 14.8 Å². The fourth-order valence-corrected chi connectivity index (χ4v) is 3.94. The van der Waals surface area contributed by atoms with E-state index in [9.17, 15) is 9.59 Å². The molecule has 2 aliphatic rings. The zero-order valence-electron chi connectivity index (χ0n) is 16.0. The first-order valence-corrected chi connectivity index (χ1v) is 9.60. The molecule has 0 atom stereocenters. The Morgan fingerprint density at radius 2 is 1.93 bits per heavy atom. The molecule has 7 heteroatoms. The molecule has 2 aliphatic heterocycles. The van der Waals surface area contributed by atoms with Crippen LogP contribution < -0.4 is 10.6 Å². The van der Waals surface area contributed by atoms with E-state index in [0.29, 0.717) is 39.0 Å². The van der Waals surface area contributed by atoms with Gasteiger partial charge in [-0.05, 0) is 43.7 Å². The highest BCUT2D eigenvalue weighted by atomic mass is 16.2. The lowest BCUT2D eigenvalue weighted by atomic mass is 9.84. The molecule has 2 aromatic rings. The average Bonchev–Trinajstić information content (AvgIpc) is 2.70. The van der Waals surface area contributed by atoms with Gasteiger partial charge in [-0.25, -0.2) is 0 Å². The maximum Gasteiger partial charge on any atom is 0.250 e. The van der Waals surface area contributed by atoms with Crippen molar-refractivity contribution < 1.29 is 9.59 Å². The summed E-state index contributed by atoms with van der Waals surface area (Å²) in [7, 11) is 1.93. The summed E-state index contributed by atoms with van der Waals surface area (Å²) < 4.78 is 0. The van der Waals surface area contributed by atoms with E-state index in [1.165, 1.54) is 0 Å². The predicted molar refractivity (Wildman–Crippen MR) is 108 cm³/mol. The number of para-hydroxylation sites is 2. The maximum atomic E-state index is 12.7. The van der Waals surface area contributed by atoms with Crippen molar-refractivity contribution >= 4 is 23.2 Å². The Bertz CT molecular complexity index is 862. The van der Waals surface area contributed by atoms with Crippen molar-refractivity contribution in [2.75, 3.05) is 37.3 Å². The zero-order valence-corrected chi connectivity index (χ0v) is 16.0. The van der Waals surface area contributed by atoms with Gasteiger partial charge in [0.25, 0.3) is 0 Å². The van der Waals surface area contributed by atoms with Crippen LogP contribution in [0.5, 0.6) is 0 Å². The van der Waals surface area contributed by atoms with E-state index in [4.69, 9.17) is 0 Å². The number of nitrogens with one attached hydrogen (secondary N) is 2. The smallest absolute Gasteiger partial charge is 0.250 e. The van der Waals surface area contributed by atoms with E-state index < -0.39 is 5.54 Å². The second-order valence-electron chi connectivity index (χ2n) is 7.62. The number of anilines is 2. The minimum absolute atomic E-state index is 0.00741. The van der Waals surface area contributed by atoms with Gasteiger partial charge in [-0.15, -0.1) is 0 Å². The molecule has 0 unspecified atom stereocenters.